The SMILES string of the molecule is CS(=O)(=O)NC1CCC2(CCN(C3CCCCCC3)CC2)c2ccccc21. The highest BCUT2D eigenvalue weighted by Crippen LogP contribution is 2.48. The molecule has 5 heteroatoms. The van der Waals surface area contributed by atoms with E-state index in [2.05, 4.69) is 33.9 Å². The Morgan fingerprint density at radius 2 is 1.63 bits per heavy atom. The molecule has 3 aliphatic rings. The Morgan fingerprint density at radius 3 is 2.30 bits per heavy atom. The van der Waals surface area contributed by atoms with Crippen LogP contribution in [0.1, 0.15) is 81.4 Å². The van der Waals surface area contributed by atoms with Gasteiger partial charge in [-0.1, -0.05) is 49.9 Å². The largest absolute Gasteiger partial charge is 0.300 e. The van der Waals surface area contributed by atoms with E-state index in [1.54, 1.807) is 0 Å². The Hall–Kier alpha value is -0.910. The molecule has 1 aliphatic heterocycles. The average Bonchev–Trinajstić information content (AvgIpc) is 2.94. The van der Waals surface area contributed by atoms with E-state index in [-0.39, 0.29) is 11.5 Å². The summed E-state index contributed by atoms with van der Waals surface area (Å²) in [5, 5.41) is 0. The molecule has 1 spiro atoms. The van der Waals surface area contributed by atoms with E-state index in [0.29, 0.717) is 0 Å². The zero-order chi connectivity index (χ0) is 18.9. The number of benzene rings is 1. The van der Waals surface area contributed by atoms with Gasteiger partial charge >= 0.3 is 0 Å². The van der Waals surface area contributed by atoms with Crippen LogP contribution >= 0.6 is 0 Å². The van der Waals surface area contributed by atoms with Gasteiger partial charge in [0.25, 0.3) is 0 Å². The van der Waals surface area contributed by atoms with E-state index in [4.69, 9.17) is 0 Å². The summed E-state index contributed by atoms with van der Waals surface area (Å²) in [5.41, 5.74) is 2.85. The third kappa shape index (κ3) is 4.25. The van der Waals surface area contributed by atoms with E-state index < -0.39 is 10.0 Å². The highest BCUT2D eigenvalue weighted by molar-refractivity contribution is 7.88. The lowest BCUT2D eigenvalue weighted by Crippen LogP contribution is -2.49. The number of piperidine rings is 1. The lowest BCUT2D eigenvalue weighted by Gasteiger charge is -2.48. The maximum absolute atomic E-state index is 11.8. The van der Waals surface area contributed by atoms with E-state index in [1.807, 2.05) is 0 Å². The molecule has 1 unspecified atom stereocenters. The van der Waals surface area contributed by atoms with Gasteiger partial charge in [0.05, 0.1) is 6.26 Å². The minimum atomic E-state index is -3.19. The molecule has 0 bridgehead atoms. The standard InChI is InChI=1S/C22H34N2O2S/c1-27(25,26)23-21-12-13-22(20-11-7-6-10-19(20)21)14-16-24(17-15-22)18-8-4-2-3-5-9-18/h6-7,10-11,18,21,23H,2-5,8-9,12-17H2,1H3. The summed E-state index contributed by atoms with van der Waals surface area (Å²) in [5.74, 6) is 0. The number of nitrogens with zero attached hydrogens (tertiary/aromatic N) is 1. The molecule has 0 radical (unpaired) electrons. The predicted molar refractivity (Wildman–Crippen MR) is 110 cm³/mol. The van der Waals surface area contributed by atoms with Crippen LogP contribution in [0.25, 0.3) is 0 Å². The third-order valence-corrected chi connectivity index (χ3v) is 7.98. The van der Waals surface area contributed by atoms with Crippen molar-refractivity contribution in [3.8, 4) is 0 Å². The quantitative estimate of drug-likeness (QED) is 0.790. The number of sulfonamides is 1. The second-order valence-electron chi connectivity index (χ2n) is 9.03. The fourth-order valence-corrected chi connectivity index (χ4v) is 6.60. The first-order valence-electron chi connectivity index (χ1n) is 10.8. The molecule has 0 aromatic heterocycles. The third-order valence-electron chi connectivity index (χ3n) is 7.27. The zero-order valence-electron chi connectivity index (χ0n) is 16.6. The van der Waals surface area contributed by atoms with Gasteiger partial charge in [-0.3, -0.25) is 0 Å². The lowest BCUT2D eigenvalue weighted by molar-refractivity contribution is 0.0942. The average molecular weight is 391 g/mol. The van der Waals surface area contributed by atoms with Crippen LogP contribution in [-0.2, 0) is 15.4 Å². The van der Waals surface area contributed by atoms with Gasteiger partial charge in [-0.15, -0.1) is 0 Å². The van der Waals surface area contributed by atoms with Crippen molar-refractivity contribution in [3.63, 3.8) is 0 Å². The smallest absolute Gasteiger partial charge is 0.209 e. The first-order chi connectivity index (χ1) is 13.0. The van der Waals surface area contributed by atoms with E-state index >= 15 is 0 Å². The van der Waals surface area contributed by atoms with Gasteiger partial charge in [-0.2, -0.15) is 0 Å². The topological polar surface area (TPSA) is 49.4 Å². The number of likely N-dealkylation sites (tertiary alicyclic amines) is 1. The van der Waals surface area contributed by atoms with Crippen molar-refractivity contribution in [1.29, 1.82) is 0 Å². The molecule has 1 N–H and O–H groups in total. The van der Waals surface area contributed by atoms with Crippen molar-refractivity contribution in [2.75, 3.05) is 19.3 Å². The number of nitrogens with one attached hydrogen (secondary N) is 1. The summed E-state index contributed by atoms with van der Waals surface area (Å²) in [6.07, 6.45) is 14.1. The molecule has 4 nitrogen and oxygen atoms in total. The van der Waals surface area contributed by atoms with Gasteiger partial charge in [0.15, 0.2) is 0 Å². The van der Waals surface area contributed by atoms with Crippen LogP contribution in [-0.4, -0.2) is 38.7 Å². The Kier molecular flexibility index (Phi) is 5.64. The maximum Gasteiger partial charge on any atom is 0.209 e. The van der Waals surface area contributed by atoms with Gasteiger partial charge in [0.2, 0.25) is 10.0 Å². The molecule has 2 fully saturated rings. The van der Waals surface area contributed by atoms with Gasteiger partial charge < -0.3 is 4.90 Å². The Morgan fingerprint density at radius 1 is 0.963 bits per heavy atom. The molecule has 1 atom stereocenters. The molecule has 1 saturated heterocycles. The molecular weight excluding hydrogens is 356 g/mol. The van der Waals surface area contributed by atoms with E-state index in [9.17, 15) is 8.42 Å². The molecule has 0 amide bonds. The highest BCUT2D eigenvalue weighted by Gasteiger charge is 2.43. The Labute approximate surface area is 164 Å². The molecule has 4 rings (SSSR count). The molecule has 1 saturated carbocycles. The van der Waals surface area contributed by atoms with E-state index in [1.165, 1.54) is 81.8 Å². The van der Waals surface area contributed by atoms with Gasteiger partial charge in [-0.25, -0.2) is 13.1 Å². The second kappa shape index (κ2) is 7.84. The van der Waals surface area contributed by atoms with Crippen LogP contribution in [0.15, 0.2) is 24.3 Å². The molecule has 1 aromatic carbocycles. The van der Waals surface area contributed by atoms with Crippen molar-refractivity contribution in [2.24, 2.45) is 0 Å². The maximum atomic E-state index is 11.8. The minimum absolute atomic E-state index is 0.0679. The molecular formula is C22H34N2O2S. The molecule has 27 heavy (non-hydrogen) atoms. The molecule has 2 aliphatic carbocycles. The summed E-state index contributed by atoms with van der Waals surface area (Å²) < 4.78 is 26.5. The highest BCUT2D eigenvalue weighted by atomic mass is 32.2. The monoisotopic (exact) mass is 390 g/mol. The normalized spacial score (nSPS) is 27.2. The summed E-state index contributed by atoms with van der Waals surface area (Å²) in [6.45, 7) is 2.40. The van der Waals surface area contributed by atoms with Crippen LogP contribution < -0.4 is 4.72 Å². The van der Waals surface area contributed by atoms with Crippen LogP contribution in [0.2, 0.25) is 0 Å². The summed E-state index contributed by atoms with van der Waals surface area (Å²) in [7, 11) is -3.19. The zero-order valence-corrected chi connectivity index (χ0v) is 17.4. The van der Waals surface area contributed by atoms with Crippen LogP contribution in [0, 0.1) is 0 Å². The summed E-state index contributed by atoms with van der Waals surface area (Å²) in [6, 6.07) is 9.30. The lowest BCUT2D eigenvalue weighted by atomic mass is 9.63. The van der Waals surface area contributed by atoms with Crippen molar-refractivity contribution < 1.29 is 8.42 Å². The summed E-state index contributed by atoms with van der Waals surface area (Å²) in [4.78, 5) is 2.76. The van der Waals surface area contributed by atoms with E-state index in [0.717, 1.165) is 18.9 Å². The van der Waals surface area contributed by atoms with Crippen molar-refractivity contribution in [2.45, 2.75) is 81.7 Å². The minimum Gasteiger partial charge on any atom is -0.300 e. The Bertz CT molecular complexity index is 745. The fourth-order valence-electron chi connectivity index (χ4n) is 5.83. The van der Waals surface area contributed by atoms with Crippen molar-refractivity contribution in [3.05, 3.63) is 35.4 Å². The van der Waals surface area contributed by atoms with Crippen molar-refractivity contribution in [1.82, 2.24) is 9.62 Å². The van der Waals surface area contributed by atoms with Crippen LogP contribution in [0.3, 0.4) is 0 Å². The number of hydrogen-bond acceptors (Lipinski definition) is 3. The fraction of sp³-hybridized carbons (Fsp3) is 0.727. The first kappa shape index (κ1) is 19.4. The van der Waals surface area contributed by atoms with Crippen LogP contribution in [0.4, 0.5) is 0 Å². The first-order valence-corrected chi connectivity index (χ1v) is 12.7. The van der Waals surface area contributed by atoms with Crippen molar-refractivity contribution >= 4 is 10.0 Å². The van der Waals surface area contributed by atoms with Crippen LogP contribution in [0.5, 0.6) is 0 Å². The number of fused-ring (bicyclic) bond motifs is 2. The van der Waals surface area contributed by atoms with Gasteiger partial charge in [0, 0.05) is 12.1 Å². The Balaban J connectivity index is 1.51. The predicted octanol–water partition coefficient (Wildman–Crippen LogP) is 4.13. The molecule has 1 heterocycles. The number of rotatable bonds is 3. The van der Waals surface area contributed by atoms with Gasteiger partial charge in [-0.05, 0) is 68.2 Å². The summed E-state index contributed by atoms with van der Waals surface area (Å²) >= 11 is 0. The number of hydrogen-bond donors (Lipinski definition) is 1. The second-order valence-corrected chi connectivity index (χ2v) is 10.8. The molecule has 1 aromatic rings. The molecule has 150 valence electrons. The van der Waals surface area contributed by atoms with Gasteiger partial charge in [0.1, 0.15) is 0 Å².